The summed E-state index contributed by atoms with van der Waals surface area (Å²) < 4.78 is 0. The van der Waals surface area contributed by atoms with Gasteiger partial charge in [0.1, 0.15) is 0 Å². The number of rotatable bonds is 2. The average Bonchev–Trinajstić information content (AvgIpc) is 2.30. The van der Waals surface area contributed by atoms with Gasteiger partial charge >= 0.3 is 0 Å². The number of hydrogen-bond donors (Lipinski definition) is 1. The normalized spacial score (nSPS) is 15.4. The van der Waals surface area contributed by atoms with Crippen molar-refractivity contribution in [3.8, 4) is 11.3 Å². The van der Waals surface area contributed by atoms with Crippen LogP contribution in [0.15, 0.2) is 30.5 Å². The van der Waals surface area contributed by atoms with E-state index in [9.17, 15) is 0 Å². The Hall–Kier alpha value is -1.90. The van der Waals surface area contributed by atoms with E-state index in [-0.39, 0.29) is 0 Å². The van der Waals surface area contributed by atoms with Crippen molar-refractivity contribution >= 4 is 5.95 Å². The molecule has 1 fully saturated rings. The van der Waals surface area contributed by atoms with Gasteiger partial charge < -0.3 is 5.73 Å². The predicted octanol–water partition coefficient (Wildman–Crippen LogP) is 3.30. The number of benzene rings is 1. The van der Waals surface area contributed by atoms with Gasteiger partial charge in [-0.1, -0.05) is 24.6 Å². The summed E-state index contributed by atoms with van der Waals surface area (Å²) in [6.45, 7) is 2.02. The van der Waals surface area contributed by atoms with Crippen LogP contribution in [0.3, 0.4) is 0 Å². The van der Waals surface area contributed by atoms with Crippen LogP contribution in [-0.4, -0.2) is 9.97 Å². The maximum absolute atomic E-state index is 5.68. The number of aromatic nitrogens is 2. The van der Waals surface area contributed by atoms with E-state index in [1.54, 1.807) is 6.20 Å². The average molecular weight is 239 g/mol. The van der Waals surface area contributed by atoms with Gasteiger partial charge in [0.2, 0.25) is 5.95 Å². The second-order valence-corrected chi connectivity index (χ2v) is 5.01. The molecule has 0 amide bonds. The second kappa shape index (κ2) is 4.41. The van der Waals surface area contributed by atoms with Gasteiger partial charge in [0.25, 0.3) is 0 Å². The van der Waals surface area contributed by atoms with E-state index in [1.165, 1.54) is 24.8 Å². The number of aryl methyl sites for hydroxylation is 1. The van der Waals surface area contributed by atoms with Crippen LogP contribution in [0.2, 0.25) is 0 Å². The first kappa shape index (κ1) is 11.2. The maximum atomic E-state index is 5.68. The smallest absolute Gasteiger partial charge is 0.220 e. The van der Waals surface area contributed by atoms with Crippen molar-refractivity contribution in [3.63, 3.8) is 0 Å². The number of nitrogen functional groups attached to an aromatic ring is 1. The van der Waals surface area contributed by atoms with Crippen LogP contribution in [0.4, 0.5) is 5.95 Å². The van der Waals surface area contributed by atoms with Gasteiger partial charge in [-0.3, -0.25) is 0 Å². The van der Waals surface area contributed by atoms with Crippen molar-refractivity contribution in [1.82, 2.24) is 9.97 Å². The molecule has 3 nitrogen and oxygen atoms in total. The van der Waals surface area contributed by atoms with Gasteiger partial charge in [-0.25, -0.2) is 9.97 Å². The molecular formula is C15H17N3. The van der Waals surface area contributed by atoms with Crippen LogP contribution >= 0.6 is 0 Å². The van der Waals surface area contributed by atoms with Gasteiger partial charge in [-0.15, -0.1) is 0 Å². The van der Waals surface area contributed by atoms with Crippen LogP contribution in [0.25, 0.3) is 11.3 Å². The first-order valence-electron chi connectivity index (χ1n) is 6.43. The first-order valence-corrected chi connectivity index (χ1v) is 6.43. The molecule has 1 aliphatic carbocycles. The topological polar surface area (TPSA) is 51.8 Å². The highest BCUT2D eigenvalue weighted by atomic mass is 15.0. The molecule has 0 saturated heterocycles. The Bertz CT molecular complexity index is 574. The molecule has 92 valence electrons. The molecular weight excluding hydrogens is 222 g/mol. The van der Waals surface area contributed by atoms with Crippen molar-refractivity contribution in [1.29, 1.82) is 0 Å². The van der Waals surface area contributed by atoms with E-state index >= 15 is 0 Å². The van der Waals surface area contributed by atoms with E-state index < -0.39 is 0 Å². The van der Waals surface area contributed by atoms with Crippen molar-refractivity contribution in [2.75, 3.05) is 5.73 Å². The monoisotopic (exact) mass is 239 g/mol. The fourth-order valence-electron chi connectivity index (χ4n) is 2.43. The summed E-state index contributed by atoms with van der Waals surface area (Å²) in [5.41, 5.74) is 10.3. The molecule has 2 aromatic rings. The van der Waals surface area contributed by atoms with E-state index in [0.717, 1.165) is 22.7 Å². The quantitative estimate of drug-likeness (QED) is 0.874. The Morgan fingerprint density at radius 1 is 1.28 bits per heavy atom. The number of anilines is 1. The Kier molecular flexibility index (Phi) is 2.74. The highest BCUT2D eigenvalue weighted by Gasteiger charge is 2.19. The van der Waals surface area contributed by atoms with Crippen molar-refractivity contribution in [2.45, 2.75) is 32.1 Å². The Morgan fingerprint density at radius 3 is 2.83 bits per heavy atom. The maximum Gasteiger partial charge on any atom is 0.220 e. The highest BCUT2D eigenvalue weighted by Crippen LogP contribution is 2.37. The zero-order valence-electron chi connectivity index (χ0n) is 10.6. The minimum absolute atomic E-state index is 0.338. The summed E-state index contributed by atoms with van der Waals surface area (Å²) in [4.78, 5) is 8.37. The molecule has 1 saturated carbocycles. The van der Waals surface area contributed by atoms with Crippen LogP contribution in [0.5, 0.6) is 0 Å². The lowest BCUT2D eigenvalue weighted by atomic mass is 9.79. The molecule has 0 aliphatic heterocycles. The Labute approximate surface area is 107 Å². The molecule has 2 N–H and O–H groups in total. The summed E-state index contributed by atoms with van der Waals surface area (Å²) in [5, 5.41) is 0. The lowest BCUT2D eigenvalue weighted by molar-refractivity contribution is 0.420. The third-order valence-corrected chi connectivity index (χ3v) is 3.73. The molecule has 0 atom stereocenters. The van der Waals surface area contributed by atoms with E-state index in [0.29, 0.717) is 5.95 Å². The molecule has 0 bridgehead atoms. The van der Waals surface area contributed by atoms with Crippen molar-refractivity contribution in [3.05, 3.63) is 41.6 Å². The lowest BCUT2D eigenvalue weighted by Crippen LogP contribution is -2.08. The molecule has 1 aromatic carbocycles. The van der Waals surface area contributed by atoms with Gasteiger partial charge in [0, 0.05) is 11.8 Å². The molecule has 3 rings (SSSR count). The van der Waals surface area contributed by atoms with Crippen LogP contribution in [-0.2, 0) is 0 Å². The van der Waals surface area contributed by atoms with Gasteiger partial charge in [0.05, 0.1) is 5.69 Å². The van der Waals surface area contributed by atoms with E-state index in [2.05, 4.69) is 34.2 Å². The van der Waals surface area contributed by atoms with Crippen molar-refractivity contribution in [2.24, 2.45) is 0 Å². The summed E-state index contributed by atoms with van der Waals surface area (Å²) in [6.07, 6.45) is 5.77. The minimum Gasteiger partial charge on any atom is -0.368 e. The molecule has 1 heterocycles. The zero-order valence-corrected chi connectivity index (χ0v) is 10.6. The summed E-state index contributed by atoms with van der Waals surface area (Å²) in [5.74, 6) is 1.08. The second-order valence-electron chi connectivity index (χ2n) is 5.01. The molecule has 3 heteroatoms. The summed E-state index contributed by atoms with van der Waals surface area (Å²) >= 11 is 0. The SMILES string of the molecule is Cc1cnc(N)nc1-c1cccc(C2CCC2)c1. The Balaban J connectivity index is 2.02. The third-order valence-electron chi connectivity index (χ3n) is 3.73. The molecule has 0 radical (unpaired) electrons. The zero-order chi connectivity index (χ0) is 12.5. The lowest BCUT2D eigenvalue weighted by Gasteiger charge is -2.26. The standard InChI is InChI=1S/C15H17N3/c1-10-9-17-15(16)18-14(10)13-7-3-6-12(8-13)11-4-2-5-11/h3,6-9,11H,2,4-5H2,1H3,(H2,16,17,18). The molecule has 1 aliphatic rings. The van der Waals surface area contributed by atoms with E-state index in [1.807, 2.05) is 6.92 Å². The van der Waals surface area contributed by atoms with Crippen LogP contribution in [0, 0.1) is 6.92 Å². The number of nitrogens with two attached hydrogens (primary N) is 1. The molecule has 0 spiro atoms. The van der Waals surface area contributed by atoms with Gasteiger partial charge in [0.15, 0.2) is 0 Å². The summed E-state index contributed by atoms with van der Waals surface area (Å²) in [7, 11) is 0. The number of nitrogens with zero attached hydrogens (tertiary/aromatic N) is 2. The molecule has 0 unspecified atom stereocenters. The fraction of sp³-hybridized carbons (Fsp3) is 0.333. The predicted molar refractivity (Wildman–Crippen MR) is 73.2 cm³/mol. The van der Waals surface area contributed by atoms with E-state index in [4.69, 9.17) is 5.73 Å². The van der Waals surface area contributed by atoms with Crippen molar-refractivity contribution < 1.29 is 0 Å². The molecule has 18 heavy (non-hydrogen) atoms. The third kappa shape index (κ3) is 1.96. The van der Waals surface area contributed by atoms with Crippen LogP contribution < -0.4 is 5.73 Å². The Morgan fingerprint density at radius 2 is 2.11 bits per heavy atom. The van der Waals surface area contributed by atoms with Gasteiger partial charge in [-0.2, -0.15) is 0 Å². The minimum atomic E-state index is 0.338. The van der Waals surface area contributed by atoms with Gasteiger partial charge in [-0.05, 0) is 42.9 Å². The highest BCUT2D eigenvalue weighted by molar-refractivity contribution is 5.64. The first-order chi connectivity index (χ1) is 8.74. The number of hydrogen-bond acceptors (Lipinski definition) is 3. The summed E-state index contributed by atoms with van der Waals surface area (Å²) in [6, 6.07) is 8.67. The van der Waals surface area contributed by atoms with Crippen LogP contribution in [0.1, 0.15) is 36.3 Å². The molecule has 1 aromatic heterocycles. The largest absolute Gasteiger partial charge is 0.368 e. The fourth-order valence-corrected chi connectivity index (χ4v) is 2.43.